The van der Waals surface area contributed by atoms with Crippen molar-refractivity contribution in [3.05, 3.63) is 82.3 Å². The lowest BCUT2D eigenvalue weighted by Crippen LogP contribution is -2.01. The van der Waals surface area contributed by atoms with Crippen LogP contribution in [0.25, 0.3) is 28.2 Å². The predicted molar refractivity (Wildman–Crippen MR) is 122 cm³/mol. The lowest BCUT2D eigenvalue weighted by Gasteiger charge is -2.11. The summed E-state index contributed by atoms with van der Waals surface area (Å²) in [5, 5.41) is 6.08. The van der Waals surface area contributed by atoms with Crippen molar-refractivity contribution in [2.75, 3.05) is 14.2 Å². The molecule has 3 aromatic carbocycles. The van der Waals surface area contributed by atoms with Crippen molar-refractivity contribution in [1.82, 2.24) is 9.78 Å². The molecule has 0 atom stereocenters. The van der Waals surface area contributed by atoms with Crippen LogP contribution in [0.5, 0.6) is 11.5 Å². The zero-order valence-electron chi connectivity index (χ0n) is 16.8. The summed E-state index contributed by atoms with van der Waals surface area (Å²) in [4.78, 5) is 0. The average Bonchev–Trinajstić information content (AvgIpc) is 3.12. The summed E-state index contributed by atoms with van der Waals surface area (Å²) in [6.07, 6.45) is 0. The van der Waals surface area contributed by atoms with Crippen molar-refractivity contribution in [1.29, 1.82) is 0 Å². The number of methoxy groups -OCH3 is 2. The van der Waals surface area contributed by atoms with E-state index >= 15 is 0 Å². The van der Waals surface area contributed by atoms with Crippen LogP contribution in [0.2, 0.25) is 10.0 Å². The Morgan fingerprint density at radius 2 is 1.43 bits per heavy atom. The molecule has 0 spiro atoms. The van der Waals surface area contributed by atoms with Gasteiger partial charge in [-0.15, -0.1) is 0 Å². The quantitative estimate of drug-likeness (QED) is 0.342. The number of benzene rings is 3. The minimum atomic E-state index is 0.559. The molecule has 30 heavy (non-hydrogen) atoms. The van der Waals surface area contributed by atoms with Crippen LogP contribution in [0.4, 0.5) is 0 Å². The summed E-state index contributed by atoms with van der Waals surface area (Å²) in [5.41, 5.74) is 5.38. The van der Waals surface area contributed by atoms with Gasteiger partial charge in [0.15, 0.2) is 0 Å². The van der Waals surface area contributed by atoms with Crippen molar-refractivity contribution < 1.29 is 9.47 Å². The van der Waals surface area contributed by atoms with Gasteiger partial charge in [-0.05, 0) is 49.4 Å². The Hall–Kier alpha value is -2.95. The van der Waals surface area contributed by atoms with Gasteiger partial charge in [-0.25, -0.2) is 4.68 Å². The van der Waals surface area contributed by atoms with E-state index in [1.165, 1.54) is 0 Å². The number of rotatable bonds is 5. The van der Waals surface area contributed by atoms with Gasteiger partial charge in [0.05, 0.1) is 36.3 Å². The summed E-state index contributed by atoms with van der Waals surface area (Å²) >= 11 is 12.8. The highest BCUT2D eigenvalue weighted by Crippen LogP contribution is 2.37. The smallest absolute Gasteiger partial charge is 0.119 e. The van der Waals surface area contributed by atoms with Crippen molar-refractivity contribution >= 4 is 23.2 Å². The monoisotopic (exact) mass is 438 g/mol. The number of ether oxygens (including phenoxy) is 2. The second-order valence-electron chi connectivity index (χ2n) is 6.79. The van der Waals surface area contributed by atoms with Gasteiger partial charge >= 0.3 is 0 Å². The minimum Gasteiger partial charge on any atom is -0.497 e. The van der Waals surface area contributed by atoms with Crippen LogP contribution in [-0.4, -0.2) is 24.0 Å². The number of hydrogen-bond acceptors (Lipinski definition) is 3. The fraction of sp³-hybridized carbons (Fsp3) is 0.125. The minimum absolute atomic E-state index is 0.559. The van der Waals surface area contributed by atoms with Gasteiger partial charge in [0.1, 0.15) is 11.5 Å². The molecular formula is C24H20Cl2N2O2. The molecule has 0 aliphatic rings. The first-order valence-electron chi connectivity index (χ1n) is 9.35. The topological polar surface area (TPSA) is 36.3 Å². The van der Waals surface area contributed by atoms with E-state index in [0.29, 0.717) is 15.7 Å². The Morgan fingerprint density at radius 1 is 0.800 bits per heavy atom. The van der Waals surface area contributed by atoms with Crippen LogP contribution >= 0.6 is 23.2 Å². The molecule has 1 heterocycles. The maximum Gasteiger partial charge on any atom is 0.119 e. The molecule has 6 heteroatoms. The van der Waals surface area contributed by atoms with Crippen molar-refractivity contribution in [3.63, 3.8) is 0 Å². The molecule has 4 rings (SSSR count). The van der Waals surface area contributed by atoms with Gasteiger partial charge in [0, 0.05) is 21.7 Å². The Morgan fingerprint density at radius 3 is 2.10 bits per heavy atom. The third-order valence-electron chi connectivity index (χ3n) is 4.94. The molecule has 0 fully saturated rings. The molecule has 4 nitrogen and oxygen atoms in total. The van der Waals surface area contributed by atoms with Crippen LogP contribution in [0.1, 0.15) is 5.56 Å². The molecule has 0 aliphatic carbocycles. The molecule has 0 aliphatic heterocycles. The molecule has 0 unspecified atom stereocenters. The summed E-state index contributed by atoms with van der Waals surface area (Å²) in [6, 6.07) is 21.1. The largest absolute Gasteiger partial charge is 0.497 e. The predicted octanol–water partition coefficient (Wildman–Crippen LogP) is 6.84. The lowest BCUT2D eigenvalue weighted by molar-refractivity contribution is 0.415. The van der Waals surface area contributed by atoms with Gasteiger partial charge in [0.2, 0.25) is 0 Å². The zero-order valence-corrected chi connectivity index (χ0v) is 18.3. The van der Waals surface area contributed by atoms with Gasteiger partial charge < -0.3 is 9.47 Å². The van der Waals surface area contributed by atoms with E-state index in [1.54, 1.807) is 26.4 Å². The SMILES string of the molecule is COc1cccc(-c2nn(-c3cc(Cl)ccc3Cl)c(-c3cccc(OC)c3)c2C)c1. The van der Waals surface area contributed by atoms with Crippen LogP contribution in [0.15, 0.2) is 66.7 Å². The summed E-state index contributed by atoms with van der Waals surface area (Å²) < 4.78 is 12.7. The molecule has 0 radical (unpaired) electrons. The molecule has 4 aromatic rings. The van der Waals surface area contributed by atoms with Gasteiger partial charge in [-0.2, -0.15) is 5.10 Å². The van der Waals surface area contributed by atoms with E-state index in [9.17, 15) is 0 Å². The fourth-order valence-electron chi connectivity index (χ4n) is 3.47. The van der Waals surface area contributed by atoms with Crippen molar-refractivity contribution in [2.24, 2.45) is 0 Å². The number of hydrogen-bond donors (Lipinski definition) is 0. The van der Waals surface area contributed by atoms with E-state index in [1.807, 2.05) is 66.2 Å². The van der Waals surface area contributed by atoms with Crippen molar-refractivity contribution in [3.8, 4) is 39.7 Å². The highest BCUT2D eigenvalue weighted by atomic mass is 35.5. The van der Waals surface area contributed by atoms with E-state index in [4.69, 9.17) is 37.8 Å². The van der Waals surface area contributed by atoms with E-state index in [-0.39, 0.29) is 0 Å². The molecule has 0 saturated carbocycles. The van der Waals surface area contributed by atoms with E-state index in [0.717, 1.165) is 39.6 Å². The molecule has 0 amide bonds. The first-order chi connectivity index (χ1) is 14.5. The molecule has 1 aromatic heterocycles. The Kier molecular flexibility index (Phi) is 5.71. The number of aromatic nitrogens is 2. The molecule has 0 saturated heterocycles. The standard InChI is InChI=1S/C24H20Cl2N2O2/c1-15-23(16-6-4-8-19(12-16)29-2)27-28(22-14-18(25)10-11-21(22)26)24(15)17-7-5-9-20(13-17)30-3/h4-14H,1-3H3. The van der Waals surface area contributed by atoms with E-state index in [2.05, 4.69) is 0 Å². The van der Waals surface area contributed by atoms with Gasteiger partial charge in [-0.3, -0.25) is 0 Å². The summed E-state index contributed by atoms with van der Waals surface area (Å²) in [7, 11) is 3.30. The van der Waals surface area contributed by atoms with Crippen LogP contribution in [0, 0.1) is 6.92 Å². The van der Waals surface area contributed by atoms with Gasteiger partial charge in [-0.1, -0.05) is 47.5 Å². The van der Waals surface area contributed by atoms with Crippen molar-refractivity contribution in [2.45, 2.75) is 6.92 Å². The second-order valence-corrected chi connectivity index (χ2v) is 7.64. The molecule has 152 valence electrons. The highest BCUT2D eigenvalue weighted by molar-refractivity contribution is 6.34. The molecule has 0 N–H and O–H groups in total. The maximum absolute atomic E-state index is 6.54. The number of nitrogens with zero attached hydrogens (tertiary/aromatic N) is 2. The lowest BCUT2D eigenvalue weighted by atomic mass is 10.0. The summed E-state index contributed by atoms with van der Waals surface area (Å²) in [5.74, 6) is 1.53. The number of halogens is 2. The Bertz CT molecular complexity index is 1220. The Balaban J connectivity index is 2.01. The summed E-state index contributed by atoms with van der Waals surface area (Å²) in [6.45, 7) is 2.05. The highest BCUT2D eigenvalue weighted by Gasteiger charge is 2.21. The van der Waals surface area contributed by atoms with Crippen LogP contribution < -0.4 is 9.47 Å². The third-order valence-corrected chi connectivity index (χ3v) is 5.50. The fourth-order valence-corrected chi connectivity index (χ4v) is 3.84. The average molecular weight is 439 g/mol. The second kappa shape index (κ2) is 8.42. The maximum atomic E-state index is 6.54. The van der Waals surface area contributed by atoms with Crippen LogP contribution in [0.3, 0.4) is 0 Å². The Labute approximate surface area is 185 Å². The van der Waals surface area contributed by atoms with Crippen LogP contribution in [-0.2, 0) is 0 Å². The first-order valence-corrected chi connectivity index (χ1v) is 10.1. The molecular weight excluding hydrogens is 419 g/mol. The third kappa shape index (κ3) is 3.76. The zero-order chi connectivity index (χ0) is 21.3. The normalized spacial score (nSPS) is 10.8. The van der Waals surface area contributed by atoms with E-state index < -0.39 is 0 Å². The van der Waals surface area contributed by atoms with Gasteiger partial charge in [0.25, 0.3) is 0 Å². The molecule has 0 bridgehead atoms. The first kappa shape index (κ1) is 20.3.